The molecular weight excluding hydrogens is 168 g/mol. The first kappa shape index (κ1) is 10.0. The van der Waals surface area contributed by atoms with Gasteiger partial charge < -0.3 is 10.6 Å². The quantitative estimate of drug-likeness (QED) is 0.674. The van der Waals surface area contributed by atoms with Crippen LogP contribution in [-0.4, -0.2) is 29.8 Å². The molecule has 0 unspecified atom stereocenters. The molecule has 13 heavy (non-hydrogen) atoms. The molecule has 0 aliphatic carbocycles. The van der Waals surface area contributed by atoms with Gasteiger partial charge >= 0.3 is 0 Å². The van der Waals surface area contributed by atoms with Crippen molar-refractivity contribution in [3.63, 3.8) is 0 Å². The standard InChI is InChI=1S/C9H16N2O2/c1-2-3-4-11-6-7(9(10)13)5-8(11)12/h7H,2-6H2,1H3,(H2,10,13)/t7-/m0/s1. The van der Waals surface area contributed by atoms with E-state index in [1.165, 1.54) is 0 Å². The molecular formula is C9H16N2O2. The van der Waals surface area contributed by atoms with E-state index in [1.807, 2.05) is 0 Å². The maximum Gasteiger partial charge on any atom is 0.223 e. The second-order valence-corrected chi connectivity index (χ2v) is 3.50. The molecule has 1 rings (SSSR count). The van der Waals surface area contributed by atoms with Gasteiger partial charge in [-0.15, -0.1) is 0 Å². The number of hydrogen-bond donors (Lipinski definition) is 1. The van der Waals surface area contributed by atoms with Gasteiger partial charge in [0.15, 0.2) is 0 Å². The number of unbranched alkanes of at least 4 members (excludes halogenated alkanes) is 1. The number of likely N-dealkylation sites (tertiary alicyclic amines) is 1. The molecule has 1 heterocycles. The fourth-order valence-electron chi connectivity index (χ4n) is 1.53. The first-order chi connectivity index (χ1) is 6.15. The summed E-state index contributed by atoms with van der Waals surface area (Å²) in [7, 11) is 0. The van der Waals surface area contributed by atoms with E-state index in [4.69, 9.17) is 5.73 Å². The second-order valence-electron chi connectivity index (χ2n) is 3.50. The zero-order valence-electron chi connectivity index (χ0n) is 7.95. The smallest absolute Gasteiger partial charge is 0.223 e. The molecule has 0 saturated carbocycles. The lowest BCUT2D eigenvalue weighted by Gasteiger charge is -2.14. The van der Waals surface area contributed by atoms with Crippen LogP contribution >= 0.6 is 0 Å². The van der Waals surface area contributed by atoms with Gasteiger partial charge in [-0.05, 0) is 6.42 Å². The fraction of sp³-hybridized carbons (Fsp3) is 0.778. The van der Waals surface area contributed by atoms with Gasteiger partial charge in [-0.3, -0.25) is 9.59 Å². The number of hydrogen-bond acceptors (Lipinski definition) is 2. The highest BCUT2D eigenvalue weighted by molar-refractivity contribution is 5.88. The number of nitrogens with zero attached hydrogens (tertiary/aromatic N) is 1. The molecule has 2 amide bonds. The van der Waals surface area contributed by atoms with Crippen LogP contribution in [0.3, 0.4) is 0 Å². The van der Waals surface area contributed by atoms with Gasteiger partial charge in [0.1, 0.15) is 0 Å². The molecule has 74 valence electrons. The summed E-state index contributed by atoms with van der Waals surface area (Å²) in [5.41, 5.74) is 5.13. The first-order valence-electron chi connectivity index (χ1n) is 4.72. The molecule has 2 N–H and O–H groups in total. The Kier molecular flexibility index (Phi) is 3.28. The largest absolute Gasteiger partial charge is 0.369 e. The average molecular weight is 184 g/mol. The minimum atomic E-state index is -0.354. The SMILES string of the molecule is CCCCN1C[C@@H](C(N)=O)CC1=O. The van der Waals surface area contributed by atoms with Crippen molar-refractivity contribution in [2.45, 2.75) is 26.2 Å². The second kappa shape index (κ2) is 4.25. The number of primary amides is 1. The lowest BCUT2D eigenvalue weighted by Crippen LogP contribution is -2.29. The third-order valence-corrected chi connectivity index (χ3v) is 2.40. The van der Waals surface area contributed by atoms with Crippen molar-refractivity contribution in [2.24, 2.45) is 11.7 Å². The summed E-state index contributed by atoms with van der Waals surface area (Å²) in [6, 6.07) is 0. The molecule has 1 aliphatic heterocycles. The van der Waals surface area contributed by atoms with Gasteiger partial charge in [-0.25, -0.2) is 0 Å². The summed E-state index contributed by atoms with van der Waals surface area (Å²) in [5, 5.41) is 0. The summed E-state index contributed by atoms with van der Waals surface area (Å²) in [4.78, 5) is 23.9. The molecule has 4 heteroatoms. The molecule has 0 bridgehead atoms. The van der Waals surface area contributed by atoms with E-state index in [2.05, 4.69) is 6.92 Å². The predicted molar refractivity (Wildman–Crippen MR) is 48.8 cm³/mol. The highest BCUT2D eigenvalue weighted by atomic mass is 16.2. The van der Waals surface area contributed by atoms with E-state index in [1.54, 1.807) is 4.90 Å². The van der Waals surface area contributed by atoms with Crippen molar-refractivity contribution in [3.8, 4) is 0 Å². The summed E-state index contributed by atoms with van der Waals surface area (Å²) in [5.74, 6) is -0.547. The van der Waals surface area contributed by atoms with Gasteiger partial charge in [0.05, 0.1) is 5.92 Å². The topological polar surface area (TPSA) is 63.4 Å². The van der Waals surface area contributed by atoms with Crippen LogP contribution in [0.4, 0.5) is 0 Å². The van der Waals surface area contributed by atoms with Gasteiger partial charge in [0.25, 0.3) is 0 Å². The van der Waals surface area contributed by atoms with Crippen LogP contribution < -0.4 is 5.73 Å². The zero-order chi connectivity index (χ0) is 9.84. The van der Waals surface area contributed by atoms with E-state index >= 15 is 0 Å². The average Bonchev–Trinajstić information content (AvgIpc) is 2.44. The number of carbonyl (C=O) groups excluding carboxylic acids is 2. The number of rotatable bonds is 4. The van der Waals surface area contributed by atoms with E-state index < -0.39 is 0 Å². The summed E-state index contributed by atoms with van der Waals surface area (Å²) in [6.07, 6.45) is 2.36. The van der Waals surface area contributed by atoms with Gasteiger partial charge in [0.2, 0.25) is 11.8 Å². The Hall–Kier alpha value is -1.06. The highest BCUT2D eigenvalue weighted by Crippen LogP contribution is 2.17. The Morgan fingerprint density at radius 1 is 1.69 bits per heavy atom. The maximum atomic E-state index is 11.3. The lowest BCUT2D eigenvalue weighted by atomic mass is 10.1. The van der Waals surface area contributed by atoms with Crippen LogP contribution in [0.15, 0.2) is 0 Å². The molecule has 1 atom stereocenters. The Balaban J connectivity index is 2.42. The Labute approximate surface area is 78.1 Å². The van der Waals surface area contributed by atoms with Crippen molar-refractivity contribution in [3.05, 3.63) is 0 Å². The van der Waals surface area contributed by atoms with Crippen molar-refractivity contribution in [2.75, 3.05) is 13.1 Å². The van der Waals surface area contributed by atoms with E-state index in [0.29, 0.717) is 13.0 Å². The van der Waals surface area contributed by atoms with Crippen LogP contribution in [-0.2, 0) is 9.59 Å². The first-order valence-corrected chi connectivity index (χ1v) is 4.72. The van der Waals surface area contributed by atoms with Crippen LogP contribution in [0.25, 0.3) is 0 Å². The molecule has 1 fully saturated rings. The fourth-order valence-corrected chi connectivity index (χ4v) is 1.53. The summed E-state index contributed by atoms with van der Waals surface area (Å²) >= 11 is 0. The maximum absolute atomic E-state index is 11.3. The van der Waals surface area contributed by atoms with Crippen LogP contribution in [0.2, 0.25) is 0 Å². The molecule has 1 saturated heterocycles. The molecule has 0 aromatic rings. The Morgan fingerprint density at radius 3 is 2.85 bits per heavy atom. The van der Waals surface area contributed by atoms with E-state index in [9.17, 15) is 9.59 Å². The molecule has 1 aliphatic rings. The number of carbonyl (C=O) groups is 2. The molecule has 0 radical (unpaired) electrons. The van der Waals surface area contributed by atoms with Gasteiger partial charge in [-0.1, -0.05) is 13.3 Å². The molecule has 0 aromatic heterocycles. The lowest BCUT2D eigenvalue weighted by molar-refractivity contribution is -0.128. The predicted octanol–water partition coefficient (Wildman–Crippen LogP) is 0.120. The minimum Gasteiger partial charge on any atom is -0.369 e. The summed E-state index contributed by atoms with van der Waals surface area (Å²) < 4.78 is 0. The third kappa shape index (κ3) is 2.44. The van der Waals surface area contributed by atoms with E-state index in [-0.39, 0.29) is 17.7 Å². The Bertz CT molecular complexity index is 216. The van der Waals surface area contributed by atoms with Gasteiger partial charge in [-0.2, -0.15) is 0 Å². The van der Waals surface area contributed by atoms with Crippen molar-refractivity contribution < 1.29 is 9.59 Å². The molecule has 0 spiro atoms. The van der Waals surface area contributed by atoms with Gasteiger partial charge in [0, 0.05) is 19.5 Å². The van der Waals surface area contributed by atoms with Crippen LogP contribution in [0, 0.1) is 5.92 Å². The number of nitrogens with two attached hydrogens (primary N) is 1. The highest BCUT2D eigenvalue weighted by Gasteiger charge is 2.32. The zero-order valence-corrected chi connectivity index (χ0v) is 7.95. The van der Waals surface area contributed by atoms with Crippen molar-refractivity contribution in [1.29, 1.82) is 0 Å². The Morgan fingerprint density at radius 2 is 2.38 bits per heavy atom. The van der Waals surface area contributed by atoms with Crippen LogP contribution in [0.5, 0.6) is 0 Å². The van der Waals surface area contributed by atoms with Crippen LogP contribution in [0.1, 0.15) is 26.2 Å². The monoisotopic (exact) mass is 184 g/mol. The van der Waals surface area contributed by atoms with Crippen molar-refractivity contribution in [1.82, 2.24) is 4.90 Å². The molecule has 0 aromatic carbocycles. The van der Waals surface area contributed by atoms with E-state index in [0.717, 1.165) is 19.4 Å². The number of amides is 2. The minimum absolute atomic E-state index is 0.0669. The third-order valence-electron chi connectivity index (χ3n) is 2.40. The normalized spacial score (nSPS) is 22.4. The summed E-state index contributed by atoms with van der Waals surface area (Å²) in [6.45, 7) is 3.36. The van der Waals surface area contributed by atoms with Crippen molar-refractivity contribution >= 4 is 11.8 Å². The molecule has 4 nitrogen and oxygen atoms in total.